The number of rotatable bonds is 14. The van der Waals surface area contributed by atoms with E-state index in [2.05, 4.69) is 5.32 Å². The maximum absolute atomic E-state index is 14.2. The van der Waals surface area contributed by atoms with Crippen LogP contribution in [0.2, 0.25) is 0 Å². The molecule has 12 atom stereocenters. The fourth-order valence-electron chi connectivity index (χ4n) is 7.03. The van der Waals surface area contributed by atoms with Gasteiger partial charge in [-0.2, -0.15) is 0 Å². The van der Waals surface area contributed by atoms with Crippen molar-refractivity contribution in [2.75, 3.05) is 13.7 Å². The van der Waals surface area contributed by atoms with E-state index >= 15 is 0 Å². The molecule has 61 heavy (non-hydrogen) atoms. The van der Waals surface area contributed by atoms with Crippen molar-refractivity contribution < 1.29 is 83.3 Å². The summed E-state index contributed by atoms with van der Waals surface area (Å²) in [6.07, 6.45) is -18.7. The number of aromatic hydroxyl groups is 2. The Balaban J connectivity index is 1.27. The average Bonchev–Trinajstić information content (AvgIpc) is 3.21. The number of methoxy groups -OCH3 is 1. The summed E-state index contributed by atoms with van der Waals surface area (Å²) in [5, 5.41) is 88.5. The number of esters is 1. The molecule has 0 unspecified atom stereocenters. The van der Waals surface area contributed by atoms with Crippen molar-refractivity contribution in [1.29, 1.82) is 0 Å². The van der Waals surface area contributed by atoms with Crippen LogP contribution in [0.25, 0.3) is 22.3 Å². The molecule has 2 aliphatic rings. The predicted octanol–water partition coefficient (Wildman–Crippen LogP) is 0.870. The number of nitrogens with one attached hydrogen (secondary N) is 1. The Morgan fingerprint density at radius 3 is 2.23 bits per heavy atom. The first-order chi connectivity index (χ1) is 28.9. The van der Waals surface area contributed by atoms with Crippen molar-refractivity contribution in [3.8, 4) is 34.3 Å². The van der Waals surface area contributed by atoms with Crippen LogP contribution in [-0.2, 0) is 28.5 Å². The van der Waals surface area contributed by atoms with E-state index in [9.17, 15) is 55.2 Å². The van der Waals surface area contributed by atoms with Gasteiger partial charge in [0.15, 0.2) is 18.2 Å². The number of phenolic OH excluding ortho intramolecular Hbond substituents is 2. The monoisotopic (exact) mass is 855 g/mol. The van der Waals surface area contributed by atoms with Crippen LogP contribution in [0.1, 0.15) is 45.2 Å². The van der Waals surface area contributed by atoms with Crippen LogP contribution in [-0.4, -0.2) is 133 Å². The van der Waals surface area contributed by atoms with Crippen LogP contribution in [0.3, 0.4) is 0 Å². The van der Waals surface area contributed by atoms with Crippen molar-refractivity contribution in [3.63, 3.8) is 0 Å². The summed E-state index contributed by atoms with van der Waals surface area (Å²) in [5.74, 6) is -3.05. The third-order valence-corrected chi connectivity index (χ3v) is 10.4. The van der Waals surface area contributed by atoms with Gasteiger partial charge in [0.05, 0.1) is 37.7 Å². The van der Waals surface area contributed by atoms with E-state index in [-0.39, 0.29) is 33.8 Å². The molecule has 2 saturated heterocycles. The molecular formula is C42H49NO18. The molecule has 0 bridgehead atoms. The first kappa shape index (κ1) is 45.2. The summed E-state index contributed by atoms with van der Waals surface area (Å²) in [7, 11) is 1.33. The molecule has 0 aliphatic carbocycles. The van der Waals surface area contributed by atoms with Crippen molar-refractivity contribution in [1.82, 2.24) is 5.32 Å². The zero-order chi connectivity index (χ0) is 44.3. The predicted molar refractivity (Wildman–Crippen MR) is 210 cm³/mol. The Labute approximate surface area is 348 Å². The second-order valence-electron chi connectivity index (χ2n) is 15.3. The van der Waals surface area contributed by atoms with Gasteiger partial charge in [-0.3, -0.25) is 14.4 Å². The number of carbonyl (C=O) groups excluding carboxylic acids is 2. The Morgan fingerprint density at radius 1 is 0.869 bits per heavy atom. The molecule has 3 heterocycles. The summed E-state index contributed by atoms with van der Waals surface area (Å²) in [6.45, 7) is 3.61. The van der Waals surface area contributed by atoms with Crippen LogP contribution in [0.4, 0.5) is 0 Å². The molecule has 2 fully saturated rings. The van der Waals surface area contributed by atoms with Crippen molar-refractivity contribution in [2.24, 2.45) is 0 Å². The molecule has 1 amide bonds. The lowest BCUT2D eigenvalue weighted by molar-refractivity contribution is -0.354. The smallest absolute Gasteiger partial charge is 0.308 e. The van der Waals surface area contributed by atoms with E-state index in [0.717, 1.165) is 11.6 Å². The number of amides is 1. The van der Waals surface area contributed by atoms with Crippen molar-refractivity contribution in [3.05, 3.63) is 82.5 Å². The van der Waals surface area contributed by atoms with Crippen LogP contribution >= 0.6 is 0 Å². The molecular weight excluding hydrogens is 806 g/mol. The number of aliphatic hydroxyl groups is 6. The summed E-state index contributed by atoms with van der Waals surface area (Å²) < 4.78 is 40.2. The van der Waals surface area contributed by atoms with E-state index in [1.807, 2.05) is 30.3 Å². The summed E-state index contributed by atoms with van der Waals surface area (Å²) >= 11 is 0. The van der Waals surface area contributed by atoms with Crippen LogP contribution < -0.4 is 20.2 Å². The number of benzene rings is 3. The van der Waals surface area contributed by atoms with Gasteiger partial charge in [0.2, 0.25) is 23.4 Å². The van der Waals surface area contributed by atoms with Gasteiger partial charge >= 0.3 is 5.97 Å². The first-order valence-electron chi connectivity index (χ1n) is 19.3. The standard InChI is InChI=1S/C42H49NO18/c1-19(21-8-6-5-7-9-21)43-28(46)16-42(3,54)17-29(47)56-18-27-32(49)35(52)39(61-40-36(53)34(51)31(48)20(2)57-40)41(59-27)60-38-33(50)30-25(45)14-24(55-4)15-26(30)58-37(38)22-10-12-23(44)13-11-22/h5-15,19-20,27,31-32,34-36,39-41,44-45,48-49,51-54H,16-18H2,1-4H3,(H,43,46)/t19-,20-,27+,31-,32-,34+,35-,36+,39+,40-,41-,42-/m0/s1. The fraction of sp³-hybridized carbons (Fsp3) is 0.452. The highest BCUT2D eigenvalue weighted by molar-refractivity contribution is 5.88. The van der Waals surface area contributed by atoms with Gasteiger partial charge in [-0.25, -0.2) is 0 Å². The summed E-state index contributed by atoms with van der Waals surface area (Å²) in [4.78, 5) is 40.1. The molecule has 2 aliphatic heterocycles. The highest BCUT2D eigenvalue weighted by Crippen LogP contribution is 2.39. The first-order valence-corrected chi connectivity index (χ1v) is 19.3. The number of fused-ring (bicyclic) bond motifs is 1. The van der Waals surface area contributed by atoms with Gasteiger partial charge in [0, 0.05) is 17.7 Å². The Kier molecular flexibility index (Phi) is 13.9. The third-order valence-electron chi connectivity index (χ3n) is 10.4. The topological polar surface area (TPSA) is 294 Å². The van der Waals surface area contributed by atoms with Gasteiger partial charge in [-0.05, 0) is 50.6 Å². The number of hydrogen-bond donors (Lipinski definition) is 9. The van der Waals surface area contributed by atoms with Gasteiger partial charge < -0.3 is 79.0 Å². The van der Waals surface area contributed by atoms with Gasteiger partial charge in [-0.1, -0.05) is 30.3 Å². The van der Waals surface area contributed by atoms with Gasteiger partial charge in [0.1, 0.15) is 71.4 Å². The van der Waals surface area contributed by atoms with Crippen molar-refractivity contribution >= 4 is 22.8 Å². The highest BCUT2D eigenvalue weighted by Gasteiger charge is 2.52. The van der Waals surface area contributed by atoms with Gasteiger partial charge in [0.25, 0.3) is 0 Å². The molecule has 330 valence electrons. The highest BCUT2D eigenvalue weighted by atomic mass is 16.8. The quantitative estimate of drug-likeness (QED) is 0.0795. The minimum atomic E-state index is -2.03. The Bertz CT molecular complexity index is 2210. The van der Waals surface area contributed by atoms with E-state index in [1.54, 1.807) is 6.92 Å². The maximum Gasteiger partial charge on any atom is 0.308 e. The molecule has 4 aromatic rings. The Hall–Kier alpha value is -5.35. The number of hydrogen-bond acceptors (Lipinski definition) is 18. The van der Waals surface area contributed by atoms with E-state index in [1.165, 1.54) is 51.3 Å². The lowest BCUT2D eigenvalue weighted by Gasteiger charge is -2.45. The molecule has 6 rings (SSSR count). The summed E-state index contributed by atoms with van der Waals surface area (Å²) in [6, 6.07) is 16.5. The lowest BCUT2D eigenvalue weighted by Crippen LogP contribution is -2.64. The lowest BCUT2D eigenvalue weighted by atomic mass is 9.96. The van der Waals surface area contributed by atoms with Crippen LogP contribution in [0, 0.1) is 0 Å². The average molecular weight is 856 g/mol. The second-order valence-corrected chi connectivity index (χ2v) is 15.3. The second kappa shape index (κ2) is 18.7. The molecule has 3 aromatic carbocycles. The molecule has 19 nitrogen and oxygen atoms in total. The zero-order valence-corrected chi connectivity index (χ0v) is 33.5. The summed E-state index contributed by atoms with van der Waals surface area (Å²) in [5.41, 5.74) is -2.01. The molecule has 0 spiro atoms. The minimum Gasteiger partial charge on any atom is -0.508 e. The van der Waals surface area contributed by atoms with E-state index < -0.39 is 121 Å². The largest absolute Gasteiger partial charge is 0.508 e. The minimum absolute atomic E-state index is 0.132. The molecule has 19 heteroatoms. The zero-order valence-electron chi connectivity index (χ0n) is 33.5. The van der Waals surface area contributed by atoms with E-state index in [4.69, 9.17) is 32.8 Å². The van der Waals surface area contributed by atoms with Crippen LogP contribution in [0.15, 0.2) is 75.9 Å². The van der Waals surface area contributed by atoms with Crippen molar-refractivity contribution in [2.45, 2.75) is 107 Å². The fourth-order valence-corrected chi connectivity index (χ4v) is 7.03. The number of ether oxygens (including phenoxy) is 6. The third kappa shape index (κ3) is 10.2. The van der Waals surface area contributed by atoms with E-state index in [0.29, 0.717) is 0 Å². The number of phenols is 2. The molecule has 0 saturated carbocycles. The molecule has 1 aromatic heterocycles. The number of aliphatic hydroxyl groups excluding tert-OH is 5. The maximum atomic E-state index is 14.2. The SMILES string of the molecule is COc1cc(O)c2c(=O)c(O[C@@H]3O[C@H](COC(=O)C[C@@](C)(O)CC(=O)N[C@@H](C)c4ccccc4)[C@H](O)[C@H](O)[C@H]3O[C@@H]3O[C@@H](C)[C@H](O)[C@@H](O)[C@H]3O)c(-c3ccc(O)cc3)oc2c1. The number of carbonyl (C=O) groups is 2. The van der Waals surface area contributed by atoms with Gasteiger partial charge in [-0.15, -0.1) is 0 Å². The van der Waals surface area contributed by atoms with Crippen LogP contribution in [0.5, 0.6) is 23.0 Å². The Morgan fingerprint density at radius 2 is 1.56 bits per heavy atom. The normalized spacial score (nSPS) is 28.0. The molecule has 0 radical (unpaired) electrons. The molecule has 9 N–H and O–H groups in total.